The minimum absolute atomic E-state index is 0.169. The lowest BCUT2D eigenvalue weighted by Crippen LogP contribution is -2.07. The third-order valence-corrected chi connectivity index (χ3v) is 4.03. The summed E-state index contributed by atoms with van der Waals surface area (Å²) in [4.78, 5) is 0. The number of aromatic hydroxyl groups is 2. The smallest absolute Gasteiger partial charge is 0.122 e. The predicted molar refractivity (Wildman–Crippen MR) is 94.6 cm³/mol. The van der Waals surface area contributed by atoms with Crippen LogP contribution in [0.25, 0.3) is 0 Å². The lowest BCUT2D eigenvalue weighted by molar-refractivity contribution is 0.360. The van der Waals surface area contributed by atoms with Crippen molar-refractivity contribution in [1.82, 2.24) is 0 Å². The summed E-state index contributed by atoms with van der Waals surface area (Å²) in [5.41, 5.74) is 2.77. The largest absolute Gasteiger partial charge is 0.508 e. The molecule has 0 amide bonds. The Bertz CT molecular complexity index is 476. The van der Waals surface area contributed by atoms with Crippen LogP contribution in [0.5, 0.6) is 11.5 Å². The van der Waals surface area contributed by atoms with Crippen LogP contribution < -0.4 is 0 Å². The molecule has 126 valence electrons. The number of aryl methyl sites for hydroxylation is 1. The zero-order chi connectivity index (χ0) is 17.0. The number of phenolic OH excluding ortho intramolecular Hbond substituents is 2. The van der Waals surface area contributed by atoms with Crippen LogP contribution in [0.15, 0.2) is 12.1 Å². The highest BCUT2D eigenvalue weighted by molar-refractivity contribution is 5.45. The van der Waals surface area contributed by atoms with E-state index in [9.17, 15) is 10.2 Å². The molecule has 0 heterocycles. The summed E-state index contributed by atoms with van der Waals surface area (Å²) < 4.78 is 0. The van der Waals surface area contributed by atoms with Crippen LogP contribution in [0.1, 0.15) is 78.4 Å². The van der Waals surface area contributed by atoms with Gasteiger partial charge in [0.25, 0.3) is 0 Å². The Balaban J connectivity index is 2.77. The normalized spacial score (nSPS) is 12.6. The summed E-state index contributed by atoms with van der Waals surface area (Å²) in [6.45, 7) is 13.5. The van der Waals surface area contributed by atoms with Crippen LogP contribution in [0.2, 0.25) is 0 Å². The van der Waals surface area contributed by atoms with Gasteiger partial charge in [-0.25, -0.2) is 0 Å². The Hall–Kier alpha value is -1.18. The summed E-state index contributed by atoms with van der Waals surface area (Å²) in [6, 6.07) is 3.30. The van der Waals surface area contributed by atoms with E-state index in [4.69, 9.17) is 0 Å². The van der Waals surface area contributed by atoms with Crippen molar-refractivity contribution in [2.45, 2.75) is 80.1 Å². The molecule has 0 radical (unpaired) electrons. The van der Waals surface area contributed by atoms with E-state index in [-0.39, 0.29) is 11.5 Å². The van der Waals surface area contributed by atoms with Gasteiger partial charge in [0.2, 0.25) is 0 Å². The van der Waals surface area contributed by atoms with Crippen LogP contribution in [0.3, 0.4) is 0 Å². The quantitative estimate of drug-likeness (QED) is 0.693. The third-order valence-electron chi connectivity index (χ3n) is 4.03. The highest BCUT2D eigenvalue weighted by Crippen LogP contribution is 2.32. The molecule has 0 saturated carbocycles. The van der Waals surface area contributed by atoms with E-state index in [2.05, 4.69) is 41.5 Å². The molecule has 0 atom stereocenters. The maximum absolute atomic E-state index is 10.2. The number of benzene rings is 1. The number of phenols is 2. The van der Waals surface area contributed by atoms with Gasteiger partial charge in [0, 0.05) is 6.07 Å². The molecule has 0 aliphatic rings. The van der Waals surface area contributed by atoms with Crippen molar-refractivity contribution in [3.8, 4) is 11.5 Å². The summed E-state index contributed by atoms with van der Waals surface area (Å²) >= 11 is 0. The molecule has 22 heavy (non-hydrogen) atoms. The minimum atomic E-state index is 0.169. The van der Waals surface area contributed by atoms with Crippen molar-refractivity contribution in [3.63, 3.8) is 0 Å². The highest BCUT2D eigenvalue weighted by Gasteiger charge is 2.15. The Morgan fingerprint density at radius 1 is 0.773 bits per heavy atom. The molecule has 0 unspecified atom stereocenters. The maximum Gasteiger partial charge on any atom is 0.122 e. The van der Waals surface area contributed by atoms with Crippen LogP contribution >= 0.6 is 0 Å². The minimum Gasteiger partial charge on any atom is -0.508 e. The van der Waals surface area contributed by atoms with Gasteiger partial charge in [0.15, 0.2) is 0 Å². The molecule has 0 aliphatic heterocycles. The molecule has 1 aromatic carbocycles. The van der Waals surface area contributed by atoms with Crippen molar-refractivity contribution in [2.75, 3.05) is 0 Å². The first-order chi connectivity index (χ1) is 9.98. The van der Waals surface area contributed by atoms with Crippen molar-refractivity contribution < 1.29 is 10.2 Å². The van der Waals surface area contributed by atoms with Crippen LogP contribution in [-0.4, -0.2) is 10.2 Å². The molecule has 0 aromatic heterocycles. The molecule has 0 bridgehead atoms. The number of rotatable bonds is 6. The van der Waals surface area contributed by atoms with Gasteiger partial charge in [-0.3, -0.25) is 0 Å². The Morgan fingerprint density at radius 2 is 1.27 bits per heavy atom. The fourth-order valence-electron chi connectivity index (χ4n) is 2.82. The lowest BCUT2D eigenvalue weighted by atomic mass is 9.86. The highest BCUT2D eigenvalue weighted by atomic mass is 16.3. The predicted octanol–water partition coefficient (Wildman–Crippen LogP) is 5.84. The Labute approximate surface area is 136 Å². The van der Waals surface area contributed by atoms with Crippen LogP contribution in [0.4, 0.5) is 0 Å². The average molecular weight is 306 g/mol. The molecule has 0 spiro atoms. The fourth-order valence-corrected chi connectivity index (χ4v) is 2.82. The van der Waals surface area contributed by atoms with E-state index in [1.165, 1.54) is 6.07 Å². The second kappa shape index (κ2) is 7.39. The lowest BCUT2D eigenvalue weighted by Gasteiger charge is -2.20. The summed E-state index contributed by atoms with van der Waals surface area (Å²) in [6.07, 6.45) is 6.23. The van der Waals surface area contributed by atoms with E-state index in [1.54, 1.807) is 0 Å². The van der Waals surface area contributed by atoms with Crippen molar-refractivity contribution in [3.05, 3.63) is 23.3 Å². The van der Waals surface area contributed by atoms with Crippen molar-refractivity contribution in [2.24, 2.45) is 10.8 Å². The van der Waals surface area contributed by atoms with Gasteiger partial charge in [-0.1, -0.05) is 41.5 Å². The van der Waals surface area contributed by atoms with Gasteiger partial charge >= 0.3 is 0 Å². The van der Waals surface area contributed by atoms with Gasteiger partial charge in [-0.2, -0.15) is 0 Å². The maximum atomic E-state index is 10.2. The summed E-state index contributed by atoms with van der Waals surface area (Å²) in [7, 11) is 0. The molecular weight excluding hydrogens is 272 g/mol. The molecule has 0 aliphatic carbocycles. The van der Waals surface area contributed by atoms with Gasteiger partial charge in [-0.05, 0) is 66.5 Å². The van der Waals surface area contributed by atoms with Gasteiger partial charge in [-0.15, -0.1) is 0 Å². The molecule has 2 heteroatoms. The molecule has 2 N–H and O–H groups in total. The second-order valence-corrected chi connectivity index (χ2v) is 8.93. The second-order valence-electron chi connectivity index (χ2n) is 8.93. The SMILES string of the molecule is CC(C)(C)CCCc1cc(O)cc(O)c1CCCC(C)(C)C. The first kappa shape index (κ1) is 18.9. The fraction of sp³-hybridized carbons (Fsp3) is 0.700. The first-order valence-corrected chi connectivity index (χ1v) is 8.52. The first-order valence-electron chi connectivity index (χ1n) is 8.52. The Kier molecular flexibility index (Phi) is 6.34. The molecule has 1 rings (SSSR count). The van der Waals surface area contributed by atoms with E-state index >= 15 is 0 Å². The average Bonchev–Trinajstić information content (AvgIpc) is 2.29. The molecule has 1 aromatic rings. The summed E-state index contributed by atoms with van der Waals surface area (Å²) in [5, 5.41) is 20.0. The number of hydrogen-bond acceptors (Lipinski definition) is 2. The monoisotopic (exact) mass is 306 g/mol. The van der Waals surface area contributed by atoms with E-state index < -0.39 is 0 Å². The van der Waals surface area contributed by atoms with Gasteiger partial charge in [0.1, 0.15) is 11.5 Å². The van der Waals surface area contributed by atoms with Crippen molar-refractivity contribution >= 4 is 0 Å². The van der Waals surface area contributed by atoms with E-state index in [0.29, 0.717) is 10.8 Å². The van der Waals surface area contributed by atoms with Crippen molar-refractivity contribution in [1.29, 1.82) is 0 Å². The van der Waals surface area contributed by atoms with E-state index in [1.807, 2.05) is 6.07 Å². The third kappa shape index (κ3) is 7.20. The van der Waals surface area contributed by atoms with Gasteiger partial charge in [0.05, 0.1) is 0 Å². The number of hydrogen-bond donors (Lipinski definition) is 2. The van der Waals surface area contributed by atoms with Crippen LogP contribution in [-0.2, 0) is 12.8 Å². The standard InChI is InChI=1S/C20H34O2/c1-19(2,3)11-7-9-15-13-16(21)14-18(22)17(15)10-8-12-20(4,5)6/h13-14,21-22H,7-12H2,1-6H3. The van der Waals surface area contributed by atoms with E-state index in [0.717, 1.165) is 49.7 Å². The molecule has 2 nitrogen and oxygen atoms in total. The Morgan fingerprint density at radius 3 is 1.77 bits per heavy atom. The zero-order valence-electron chi connectivity index (χ0n) is 15.3. The molecular formula is C20H34O2. The zero-order valence-corrected chi connectivity index (χ0v) is 15.3. The topological polar surface area (TPSA) is 40.5 Å². The summed E-state index contributed by atoms with van der Waals surface area (Å²) in [5.74, 6) is 0.419. The van der Waals surface area contributed by atoms with Gasteiger partial charge < -0.3 is 10.2 Å². The molecule has 0 fully saturated rings. The van der Waals surface area contributed by atoms with Crippen LogP contribution in [0, 0.1) is 10.8 Å². The molecule has 0 saturated heterocycles.